The van der Waals surface area contributed by atoms with Crippen molar-refractivity contribution in [2.24, 2.45) is 13.0 Å². The molecule has 0 radical (unpaired) electrons. The highest BCUT2D eigenvalue weighted by atomic mass is 16.6. The lowest BCUT2D eigenvalue weighted by Crippen LogP contribution is -2.23. The molecule has 7 nitrogen and oxygen atoms in total. The lowest BCUT2D eigenvalue weighted by molar-refractivity contribution is -0.384. The van der Waals surface area contributed by atoms with E-state index in [4.69, 9.17) is 0 Å². The zero-order chi connectivity index (χ0) is 13.0. The minimum absolute atomic E-state index is 0.0594. The van der Waals surface area contributed by atoms with E-state index in [1.54, 1.807) is 14.0 Å². The first kappa shape index (κ1) is 13.4. The van der Waals surface area contributed by atoms with Crippen molar-refractivity contribution in [3.05, 3.63) is 15.8 Å². The molecule has 1 aromatic rings. The van der Waals surface area contributed by atoms with Crippen LogP contribution < -0.4 is 10.6 Å². The summed E-state index contributed by atoms with van der Waals surface area (Å²) in [4.78, 5) is 10.5. The predicted octanol–water partition coefficient (Wildman–Crippen LogP) is 0.904. The SMILES string of the molecule is CNCC(C)CNc1c([N+](=O)[O-])c(C)nn1C. The number of aryl methyl sites for hydroxylation is 2. The Morgan fingerprint density at radius 2 is 2.18 bits per heavy atom. The van der Waals surface area contributed by atoms with Gasteiger partial charge >= 0.3 is 5.69 Å². The third-order valence-corrected chi connectivity index (χ3v) is 2.54. The van der Waals surface area contributed by atoms with E-state index in [1.165, 1.54) is 4.68 Å². The van der Waals surface area contributed by atoms with Crippen LogP contribution in [0.1, 0.15) is 12.6 Å². The molecule has 96 valence electrons. The Bertz CT molecular complexity index is 402. The van der Waals surface area contributed by atoms with Crippen molar-refractivity contribution < 1.29 is 4.92 Å². The second-order valence-corrected chi connectivity index (χ2v) is 4.21. The number of rotatable bonds is 6. The van der Waals surface area contributed by atoms with Crippen LogP contribution in [0, 0.1) is 23.0 Å². The summed E-state index contributed by atoms with van der Waals surface area (Å²) >= 11 is 0. The Balaban J connectivity index is 2.80. The van der Waals surface area contributed by atoms with Gasteiger partial charge in [0.1, 0.15) is 5.69 Å². The fraction of sp³-hybridized carbons (Fsp3) is 0.700. The van der Waals surface area contributed by atoms with Crippen molar-refractivity contribution >= 4 is 11.5 Å². The van der Waals surface area contributed by atoms with Crippen molar-refractivity contribution in [1.29, 1.82) is 0 Å². The molecule has 0 bridgehead atoms. The molecule has 1 aromatic heterocycles. The highest BCUT2D eigenvalue weighted by Gasteiger charge is 2.23. The first-order valence-corrected chi connectivity index (χ1v) is 5.53. The number of anilines is 1. The third kappa shape index (κ3) is 3.16. The fourth-order valence-corrected chi connectivity index (χ4v) is 1.76. The third-order valence-electron chi connectivity index (χ3n) is 2.54. The lowest BCUT2D eigenvalue weighted by Gasteiger charge is -2.12. The van der Waals surface area contributed by atoms with Gasteiger partial charge < -0.3 is 10.6 Å². The predicted molar refractivity (Wildman–Crippen MR) is 66.2 cm³/mol. The minimum Gasteiger partial charge on any atom is -0.364 e. The molecule has 1 unspecified atom stereocenters. The minimum atomic E-state index is -0.395. The van der Waals surface area contributed by atoms with Gasteiger partial charge in [-0.3, -0.25) is 10.1 Å². The van der Waals surface area contributed by atoms with Gasteiger partial charge in [-0.05, 0) is 26.4 Å². The van der Waals surface area contributed by atoms with Crippen LogP contribution in [-0.4, -0.2) is 34.8 Å². The smallest absolute Gasteiger partial charge is 0.333 e. The summed E-state index contributed by atoms with van der Waals surface area (Å²) in [6.07, 6.45) is 0. The summed E-state index contributed by atoms with van der Waals surface area (Å²) in [6.45, 7) is 5.23. The number of nitrogens with zero attached hydrogens (tertiary/aromatic N) is 3. The molecule has 0 saturated carbocycles. The van der Waals surface area contributed by atoms with Gasteiger partial charge in [0.05, 0.1) is 4.92 Å². The topological polar surface area (TPSA) is 85.0 Å². The molecule has 0 aliphatic heterocycles. The molecule has 0 saturated heterocycles. The summed E-state index contributed by atoms with van der Waals surface area (Å²) < 4.78 is 1.51. The standard InChI is InChI=1S/C10H19N5O2/c1-7(5-11-3)6-12-10-9(15(16)17)8(2)13-14(10)4/h7,11-12H,5-6H2,1-4H3. The maximum Gasteiger partial charge on any atom is 0.333 e. The van der Waals surface area contributed by atoms with Gasteiger partial charge in [-0.1, -0.05) is 6.92 Å². The zero-order valence-corrected chi connectivity index (χ0v) is 10.6. The van der Waals surface area contributed by atoms with Gasteiger partial charge in [-0.2, -0.15) is 5.10 Å². The van der Waals surface area contributed by atoms with Gasteiger partial charge in [-0.25, -0.2) is 4.68 Å². The molecular formula is C10H19N5O2. The first-order chi connectivity index (χ1) is 7.97. The Hall–Kier alpha value is -1.63. The van der Waals surface area contributed by atoms with Gasteiger partial charge in [0, 0.05) is 13.6 Å². The second-order valence-electron chi connectivity index (χ2n) is 4.21. The van der Waals surface area contributed by atoms with Gasteiger partial charge in [-0.15, -0.1) is 0 Å². The molecule has 1 rings (SSSR count). The van der Waals surface area contributed by atoms with Crippen molar-refractivity contribution in [3.8, 4) is 0 Å². The summed E-state index contributed by atoms with van der Waals surface area (Å²) in [5, 5.41) is 21.1. The number of nitrogens with one attached hydrogen (secondary N) is 2. The molecule has 0 aliphatic carbocycles. The fourth-order valence-electron chi connectivity index (χ4n) is 1.76. The monoisotopic (exact) mass is 241 g/mol. The molecule has 1 heterocycles. The van der Waals surface area contributed by atoms with Crippen LogP contribution in [0.4, 0.5) is 11.5 Å². The van der Waals surface area contributed by atoms with Crippen LogP contribution in [0.25, 0.3) is 0 Å². The first-order valence-electron chi connectivity index (χ1n) is 5.53. The number of hydrogen-bond donors (Lipinski definition) is 2. The van der Waals surface area contributed by atoms with Crippen LogP contribution in [0.15, 0.2) is 0 Å². The van der Waals surface area contributed by atoms with Crippen molar-refractivity contribution in [2.75, 3.05) is 25.5 Å². The van der Waals surface area contributed by atoms with Crippen molar-refractivity contribution in [1.82, 2.24) is 15.1 Å². The average molecular weight is 241 g/mol. The van der Waals surface area contributed by atoms with E-state index in [-0.39, 0.29) is 5.69 Å². The summed E-state index contributed by atoms with van der Waals surface area (Å²) in [5.41, 5.74) is 0.491. The Morgan fingerprint density at radius 1 is 1.53 bits per heavy atom. The highest BCUT2D eigenvalue weighted by Crippen LogP contribution is 2.27. The van der Waals surface area contributed by atoms with Crippen LogP contribution in [0.3, 0.4) is 0 Å². The van der Waals surface area contributed by atoms with Crippen LogP contribution >= 0.6 is 0 Å². The van der Waals surface area contributed by atoms with Crippen molar-refractivity contribution in [2.45, 2.75) is 13.8 Å². The summed E-state index contributed by atoms with van der Waals surface area (Å²) in [6, 6.07) is 0. The molecule has 2 N–H and O–H groups in total. The molecule has 17 heavy (non-hydrogen) atoms. The number of aromatic nitrogens is 2. The molecule has 0 fully saturated rings. The molecule has 0 aromatic carbocycles. The maximum absolute atomic E-state index is 10.9. The molecule has 7 heteroatoms. The van der Waals surface area contributed by atoms with Gasteiger partial charge in [0.15, 0.2) is 0 Å². The van der Waals surface area contributed by atoms with Crippen LogP contribution in [0.5, 0.6) is 0 Å². The van der Waals surface area contributed by atoms with E-state index in [9.17, 15) is 10.1 Å². The Labute approximate surface area is 100 Å². The molecule has 1 atom stereocenters. The average Bonchev–Trinajstić information content (AvgIpc) is 2.50. The van der Waals surface area contributed by atoms with Crippen LogP contribution in [0.2, 0.25) is 0 Å². The number of nitro groups is 1. The van der Waals surface area contributed by atoms with E-state index in [2.05, 4.69) is 22.7 Å². The molecular weight excluding hydrogens is 222 g/mol. The van der Waals surface area contributed by atoms with E-state index in [1.807, 2.05) is 7.05 Å². The number of hydrogen-bond acceptors (Lipinski definition) is 5. The van der Waals surface area contributed by atoms with E-state index in [0.29, 0.717) is 24.0 Å². The summed E-state index contributed by atoms with van der Waals surface area (Å²) in [5.74, 6) is 0.852. The Kier molecular flexibility index (Phi) is 4.45. The largest absolute Gasteiger partial charge is 0.364 e. The highest BCUT2D eigenvalue weighted by molar-refractivity contribution is 5.59. The van der Waals surface area contributed by atoms with Gasteiger partial charge in [0.2, 0.25) is 5.82 Å². The van der Waals surface area contributed by atoms with E-state index < -0.39 is 4.92 Å². The second kappa shape index (κ2) is 5.62. The quantitative estimate of drug-likeness (QED) is 0.571. The molecule has 0 aliphatic rings. The summed E-state index contributed by atoms with van der Waals surface area (Å²) in [7, 11) is 3.58. The van der Waals surface area contributed by atoms with E-state index >= 15 is 0 Å². The lowest BCUT2D eigenvalue weighted by atomic mass is 10.2. The molecule has 0 spiro atoms. The Morgan fingerprint density at radius 3 is 2.71 bits per heavy atom. The normalized spacial score (nSPS) is 12.5. The molecule has 0 amide bonds. The zero-order valence-electron chi connectivity index (χ0n) is 10.6. The van der Waals surface area contributed by atoms with Gasteiger partial charge in [0.25, 0.3) is 0 Å². The maximum atomic E-state index is 10.9. The van der Waals surface area contributed by atoms with Crippen LogP contribution in [-0.2, 0) is 7.05 Å². The van der Waals surface area contributed by atoms with Crippen molar-refractivity contribution in [3.63, 3.8) is 0 Å². The van der Waals surface area contributed by atoms with E-state index in [0.717, 1.165) is 6.54 Å².